The molecule has 0 bridgehead atoms. The summed E-state index contributed by atoms with van der Waals surface area (Å²) in [5.41, 5.74) is 2.71. The van der Waals surface area contributed by atoms with Crippen LogP contribution in [0.3, 0.4) is 0 Å². The maximum absolute atomic E-state index is 13.7. The summed E-state index contributed by atoms with van der Waals surface area (Å²) in [6.07, 6.45) is 7.16. The molecule has 2 fully saturated rings. The number of nitrogens with one attached hydrogen (secondary N) is 1. The van der Waals surface area contributed by atoms with Gasteiger partial charge in [0.25, 0.3) is 0 Å². The van der Waals surface area contributed by atoms with Gasteiger partial charge in [-0.15, -0.1) is 0 Å². The van der Waals surface area contributed by atoms with Gasteiger partial charge in [0.1, 0.15) is 12.1 Å². The number of para-hydroxylation sites is 1. The lowest BCUT2D eigenvalue weighted by molar-refractivity contribution is -0.166. The quantitative estimate of drug-likeness (QED) is 0.246. The summed E-state index contributed by atoms with van der Waals surface area (Å²) < 4.78 is 5.81. The van der Waals surface area contributed by atoms with Gasteiger partial charge in [-0.1, -0.05) is 68.3 Å². The van der Waals surface area contributed by atoms with E-state index >= 15 is 0 Å². The monoisotopic (exact) mass is 619 g/mol. The molecular formula is C36H53N5O4. The topological polar surface area (TPSA) is 85.4 Å². The molecule has 45 heavy (non-hydrogen) atoms. The highest BCUT2D eigenvalue weighted by Gasteiger charge is 2.36. The molecule has 9 nitrogen and oxygen atoms in total. The maximum Gasteiger partial charge on any atom is 0.411 e. The molecule has 2 saturated heterocycles. The Morgan fingerprint density at radius 3 is 2.29 bits per heavy atom. The molecule has 2 heterocycles. The molecule has 4 rings (SSSR count). The Morgan fingerprint density at radius 2 is 1.58 bits per heavy atom. The number of carbonyl (C=O) groups is 3. The van der Waals surface area contributed by atoms with Crippen molar-refractivity contribution in [2.75, 3.05) is 51.1 Å². The van der Waals surface area contributed by atoms with Crippen LogP contribution in [0.4, 0.5) is 10.5 Å². The van der Waals surface area contributed by atoms with Crippen molar-refractivity contribution in [1.29, 1.82) is 0 Å². The zero-order valence-corrected chi connectivity index (χ0v) is 27.6. The first-order chi connectivity index (χ1) is 21.9. The van der Waals surface area contributed by atoms with E-state index in [1.54, 1.807) is 0 Å². The molecule has 0 radical (unpaired) electrons. The minimum Gasteiger partial charge on any atom is -0.446 e. The molecule has 0 aromatic heterocycles. The number of hydrazine groups is 1. The summed E-state index contributed by atoms with van der Waals surface area (Å²) in [5, 5.41) is 6.95. The Labute approximate surface area is 269 Å². The molecule has 1 N–H and O–H groups in total. The van der Waals surface area contributed by atoms with Crippen molar-refractivity contribution in [3.63, 3.8) is 0 Å². The van der Waals surface area contributed by atoms with E-state index in [1.165, 1.54) is 0 Å². The summed E-state index contributed by atoms with van der Waals surface area (Å²) in [6, 6.07) is 17.5. The van der Waals surface area contributed by atoms with Gasteiger partial charge in [0.15, 0.2) is 0 Å². The summed E-state index contributed by atoms with van der Waals surface area (Å²) >= 11 is 0. The predicted octanol–water partition coefficient (Wildman–Crippen LogP) is 6.41. The molecule has 0 aliphatic carbocycles. The van der Waals surface area contributed by atoms with E-state index in [4.69, 9.17) is 4.74 Å². The highest BCUT2D eigenvalue weighted by Crippen LogP contribution is 2.28. The number of carbonyl (C=O) groups excluding carboxylic acids is 3. The first-order valence-electron chi connectivity index (χ1n) is 17.1. The fourth-order valence-corrected chi connectivity index (χ4v) is 6.50. The van der Waals surface area contributed by atoms with Crippen LogP contribution in [0.1, 0.15) is 78.6 Å². The largest absolute Gasteiger partial charge is 0.446 e. The number of rotatable bonds is 14. The van der Waals surface area contributed by atoms with E-state index in [0.717, 1.165) is 87.8 Å². The van der Waals surface area contributed by atoms with Gasteiger partial charge in [-0.2, -0.15) is 0 Å². The molecule has 3 amide bonds. The average molecular weight is 620 g/mol. The van der Waals surface area contributed by atoms with E-state index in [-0.39, 0.29) is 24.0 Å². The lowest BCUT2D eigenvalue weighted by atomic mass is 10.0. The molecule has 2 aromatic rings. The minimum atomic E-state index is -0.440. The summed E-state index contributed by atoms with van der Waals surface area (Å²) in [4.78, 5) is 44.2. The van der Waals surface area contributed by atoms with Crippen molar-refractivity contribution < 1.29 is 19.1 Å². The zero-order chi connectivity index (χ0) is 32.0. The van der Waals surface area contributed by atoms with Crippen LogP contribution in [-0.4, -0.2) is 95.7 Å². The summed E-state index contributed by atoms with van der Waals surface area (Å²) in [6.45, 7) is 11.2. The number of ether oxygens (including phenoxy) is 1. The fraction of sp³-hybridized carbons (Fsp3) is 0.583. The van der Waals surface area contributed by atoms with E-state index in [1.807, 2.05) is 78.4 Å². The van der Waals surface area contributed by atoms with Crippen LogP contribution in [0.15, 0.2) is 54.6 Å². The van der Waals surface area contributed by atoms with Crippen LogP contribution < -0.4 is 5.32 Å². The van der Waals surface area contributed by atoms with Gasteiger partial charge >= 0.3 is 6.09 Å². The van der Waals surface area contributed by atoms with Gasteiger partial charge < -0.3 is 14.5 Å². The molecule has 2 aromatic carbocycles. The normalized spacial score (nSPS) is 17.9. The van der Waals surface area contributed by atoms with Crippen molar-refractivity contribution in [2.24, 2.45) is 0 Å². The second kappa shape index (κ2) is 17.9. The van der Waals surface area contributed by atoms with Crippen LogP contribution in [0.25, 0.3) is 11.1 Å². The lowest BCUT2D eigenvalue weighted by Gasteiger charge is -2.44. The second-order valence-electron chi connectivity index (χ2n) is 12.1. The fourth-order valence-electron chi connectivity index (χ4n) is 6.50. The number of benzene rings is 2. The third kappa shape index (κ3) is 9.78. The Morgan fingerprint density at radius 1 is 0.867 bits per heavy atom. The highest BCUT2D eigenvalue weighted by molar-refractivity contribution is 5.91. The van der Waals surface area contributed by atoms with E-state index in [0.29, 0.717) is 32.6 Å². The SMILES string of the molecule is CCCCCN(C(=O)CCN1CCC(OC(=O)Nc2ccccc2-c2ccccc2)CC1)N1CCCCC1C(=O)N(CC)CC. The van der Waals surface area contributed by atoms with Crippen LogP contribution in [0.5, 0.6) is 0 Å². The Hall–Kier alpha value is -3.43. The van der Waals surface area contributed by atoms with Crippen molar-refractivity contribution in [3.8, 4) is 11.1 Å². The number of unbranched alkanes of at least 4 members (excludes halogenated alkanes) is 2. The molecule has 1 atom stereocenters. The Bertz CT molecular complexity index is 1210. The maximum atomic E-state index is 13.7. The molecule has 0 spiro atoms. The third-order valence-electron chi connectivity index (χ3n) is 9.10. The smallest absolute Gasteiger partial charge is 0.411 e. The molecule has 246 valence electrons. The first-order valence-corrected chi connectivity index (χ1v) is 17.1. The second-order valence-corrected chi connectivity index (χ2v) is 12.1. The van der Waals surface area contributed by atoms with Gasteiger partial charge in [0.2, 0.25) is 11.8 Å². The van der Waals surface area contributed by atoms with Crippen molar-refractivity contribution in [2.45, 2.75) is 90.7 Å². The zero-order valence-electron chi connectivity index (χ0n) is 27.6. The first kappa shape index (κ1) is 34.4. The number of nitrogens with zero attached hydrogens (tertiary/aromatic N) is 4. The molecule has 0 saturated carbocycles. The number of likely N-dealkylation sites (N-methyl/N-ethyl adjacent to an activating group) is 1. The lowest BCUT2D eigenvalue weighted by Crippen LogP contribution is -2.59. The van der Waals surface area contributed by atoms with Gasteiger partial charge in [0, 0.05) is 57.8 Å². The van der Waals surface area contributed by atoms with Gasteiger partial charge in [-0.3, -0.25) is 19.9 Å². The number of amides is 3. The van der Waals surface area contributed by atoms with Crippen molar-refractivity contribution >= 4 is 23.6 Å². The summed E-state index contributed by atoms with van der Waals surface area (Å²) in [7, 11) is 0. The molecule has 9 heteroatoms. The van der Waals surface area contributed by atoms with E-state index in [9.17, 15) is 14.4 Å². The van der Waals surface area contributed by atoms with Crippen LogP contribution in [0, 0.1) is 0 Å². The van der Waals surface area contributed by atoms with E-state index in [2.05, 4.69) is 22.1 Å². The third-order valence-corrected chi connectivity index (χ3v) is 9.10. The van der Waals surface area contributed by atoms with Crippen LogP contribution in [0.2, 0.25) is 0 Å². The minimum absolute atomic E-state index is 0.0974. The molecular weight excluding hydrogens is 566 g/mol. The molecule has 1 unspecified atom stereocenters. The standard InChI is InChI=1S/C36H53N5O4/c1-4-7-14-25-41(40-24-15-13-20-33(40)35(43)39(5-2)6-3)34(42)23-28-38-26-21-30(22-27-38)45-36(44)37-32-19-12-11-18-31(32)29-16-9-8-10-17-29/h8-12,16-19,30,33H,4-7,13-15,20-28H2,1-3H3,(H,37,44). The number of hydrogen-bond acceptors (Lipinski definition) is 6. The average Bonchev–Trinajstić information content (AvgIpc) is 3.07. The number of anilines is 1. The number of likely N-dealkylation sites (tertiary alicyclic amines) is 1. The van der Waals surface area contributed by atoms with Gasteiger partial charge in [-0.25, -0.2) is 9.80 Å². The van der Waals surface area contributed by atoms with Crippen molar-refractivity contribution in [3.05, 3.63) is 54.6 Å². The van der Waals surface area contributed by atoms with Gasteiger partial charge in [0.05, 0.1) is 5.69 Å². The predicted molar refractivity (Wildman–Crippen MR) is 180 cm³/mol. The molecule has 2 aliphatic heterocycles. The number of piperidine rings is 2. The van der Waals surface area contributed by atoms with Crippen molar-refractivity contribution in [1.82, 2.24) is 19.8 Å². The van der Waals surface area contributed by atoms with Gasteiger partial charge in [-0.05, 0) is 64.0 Å². The molecule has 2 aliphatic rings. The summed E-state index contributed by atoms with van der Waals surface area (Å²) in [5.74, 6) is 0.239. The Kier molecular flexibility index (Phi) is 13.7. The van der Waals surface area contributed by atoms with E-state index < -0.39 is 6.09 Å². The Balaban J connectivity index is 1.28. The number of hydrogen-bond donors (Lipinski definition) is 1. The van der Waals surface area contributed by atoms with Crippen LogP contribution in [-0.2, 0) is 14.3 Å². The highest BCUT2D eigenvalue weighted by atomic mass is 16.6. The van der Waals surface area contributed by atoms with Crippen LogP contribution >= 0.6 is 0 Å².